The van der Waals surface area contributed by atoms with Gasteiger partial charge in [0.05, 0.1) is 10.6 Å². The van der Waals surface area contributed by atoms with Gasteiger partial charge in [-0.05, 0) is 36.8 Å². The van der Waals surface area contributed by atoms with Gasteiger partial charge in [0.15, 0.2) is 0 Å². The van der Waals surface area contributed by atoms with E-state index >= 15 is 0 Å². The first-order valence-corrected chi connectivity index (χ1v) is 12.1. The summed E-state index contributed by atoms with van der Waals surface area (Å²) in [6.07, 6.45) is 0.355. The van der Waals surface area contributed by atoms with E-state index in [1.807, 2.05) is 55.5 Å². The zero-order valence-corrected chi connectivity index (χ0v) is 20.3. The van der Waals surface area contributed by atoms with Crippen LogP contribution < -0.4 is 5.32 Å². The third-order valence-electron chi connectivity index (χ3n) is 6.23. The minimum Gasteiger partial charge on any atom is -0.340 e. The third-order valence-corrected chi connectivity index (χ3v) is 6.55. The number of piperazine rings is 1. The molecule has 1 saturated heterocycles. The van der Waals surface area contributed by atoms with E-state index in [-0.39, 0.29) is 17.9 Å². The predicted octanol–water partition coefficient (Wildman–Crippen LogP) is 4.05. The second kappa shape index (κ2) is 11.2. The van der Waals surface area contributed by atoms with Gasteiger partial charge < -0.3 is 15.1 Å². The number of hydrogen-bond donors (Lipinski definition) is 1. The van der Waals surface area contributed by atoms with Gasteiger partial charge in [-0.15, -0.1) is 0 Å². The molecule has 2 atom stereocenters. The predicted molar refractivity (Wildman–Crippen MR) is 136 cm³/mol. The molecule has 3 aromatic rings. The highest BCUT2D eigenvalue weighted by molar-refractivity contribution is 6.33. The molecule has 3 aromatic carbocycles. The number of amides is 3. The number of carbonyl (C=O) groups excluding carboxylic acids is 3. The highest BCUT2D eigenvalue weighted by Crippen LogP contribution is 2.18. The molecular formula is C28H28ClN3O3. The van der Waals surface area contributed by atoms with Crippen molar-refractivity contribution in [2.45, 2.75) is 25.4 Å². The Morgan fingerprint density at radius 1 is 0.914 bits per heavy atom. The first-order chi connectivity index (χ1) is 16.9. The zero-order valence-electron chi connectivity index (χ0n) is 19.6. The zero-order chi connectivity index (χ0) is 24.8. The summed E-state index contributed by atoms with van der Waals surface area (Å²) in [4.78, 5) is 43.1. The maximum atomic E-state index is 13.6. The van der Waals surface area contributed by atoms with E-state index < -0.39 is 11.9 Å². The number of rotatable bonds is 6. The molecule has 2 unspecified atom stereocenters. The molecule has 35 heavy (non-hydrogen) atoms. The van der Waals surface area contributed by atoms with Crippen LogP contribution in [0.3, 0.4) is 0 Å². The summed E-state index contributed by atoms with van der Waals surface area (Å²) < 4.78 is 0. The minimum atomic E-state index is -0.759. The normalized spacial score (nSPS) is 16.5. The van der Waals surface area contributed by atoms with Crippen molar-refractivity contribution < 1.29 is 14.4 Å². The quantitative estimate of drug-likeness (QED) is 0.568. The Balaban J connectivity index is 1.49. The van der Waals surface area contributed by atoms with Gasteiger partial charge in [-0.1, -0.05) is 72.3 Å². The van der Waals surface area contributed by atoms with Gasteiger partial charge in [0.2, 0.25) is 5.91 Å². The molecule has 0 saturated carbocycles. The van der Waals surface area contributed by atoms with Crippen molar-refractivity contribution in [2.24, 2.45) is 0 Å². The molecule has 1 fully saturated rings. The van der Waals surface area contributed by atoms with Crippen LogP contribution in [-0.4, -0.2) is 59.2 Å². The van der Waals surface area contributed by atoms with Crippen molar-refractivity contribution in [1.29, 1.82) is 0 Å². The molecule has 7 heteroatoms. The average molecular weight is 490 g/mol. The van der Waals surface area contributed by atoms with Crippen LogP contribution in [0.15, 0.2) is 84.9 Å². The lowest BCUT2D eigenvalue weighted by molar-refractivity contribution is -0.135. The van der Waals surface area contributed by atoms with Crippen LogP contribution in [0.4, 0.5) is 0 Å². The molecule has 1 aliphatic rings. The van der Waals surface area contributed by atoms with E-state index in [9.17, 15) is 14.4 Å². The van der Waals surface area contributed by atoms with Gasteiger partial charge in [-0.3, -0.25) is 14.4 Å². The Bertz CT molecular complexity index is 1190. The third kappa shape index (κ3) is 5.89. The summed E-state index contributed by atoms with van der Waals surface area (Å²) >= 11 is 6.21. The molecule has 0 spiro atoms. The maximum Gasteiger partial charge on any atom is 0.254 e. The highest BCUT2D eigenvalue weighted by atomic mass is 35.5. The topological polar surface area (TPSA) is 69.7 Å². The van der Waals surface area contributed by atoms with Crippen LogP contribution >= 0.6 is 11.6 Å². The van der Waals surface area contributed by atoms with E-state index in [1.54, 1.807) is 46.2 Å². The second-order valence-corrected chi connectivity index (χ2v) is 9.10. The Labute approximate surface area is 210 Å². The highest BCUT2D eigenvalue weighted by Gasteiger charge is 2.34. The molecule has 3 amide bonds. The van der Waals surface area contributed by atoms with Crippen molar-refractivity contribution in [3.8, 4) is 0 Å². The number of nitrogens with zero attached hydrogens (tertiary/aromatic N) is 2. The lowest BCUT2D eigenvalue weighted by Crippen LogP contribution is -2.59. The molecule has 180 valence electrons. The molecule has 0 aliphatic carbocycles. The van der Waals surface area contributed by atoms with Gasteiger partial charge in [-0.2, -0.15) is 0 Å². The summed E-state index contributed by atoms with van der Waals surface area (Å²) in [6.45, 7) is 3.16. The summed E-state index contributed by atoms with van der Waals surface area (Å²) in [5, 5.41) is 3.23. The van der Waals surface area contributed by atoms with E-state index in [0.29, 0.717) is 42.2 Å². The number of nitrogens with one attached hydrogen (secondary N) is 1. The SMILES string of the molecule is CC1CN(C(=O)C(Cc2ccccc2)NC(=O)c2ccccc2Cl)CCN1C(=O)c1ccccc1. The maximum absolute atomic E-state index is 13.6. The Hall–Kier alpha value is -3.64. The molecular weight excluding hydrogens is 462 g/mol. The second-order valence-electron chi connectivity index (χ2n) is 8.69. The van der Waals surface area contributed by atoms with Gasteiger partial charge in [0, 0.05) is 37.7 Å². The van der Waals surface area contributed by atoms with E-state index in [2.05, 4.69) is 5.32 Å². The molecule has 0 bridgehead atoms. The fraction of sp³-hybridized carbons (Fsp3) is 0.250. The minimum absolute atomic E-state index is 0.0435. The van der Waals surface area contributed by atoms with Crippen LogP contribution in [0.1, 0.15) is 33.2 Å². The molecule has 4 rings (SSSR count). The number of benzene rings is 3. The first-order valence-electron chi connectivity index (χ1n) is 11.7. The van der Waals surface area contributed by atoms with Crippen LogP contribution in [0, 0.1) is 0 Å². The van der Waals surface area contributed by atoms with E-state index in [1.165, 1.54) is 0 Å². The van der Waals surface area contributed by atoms with Crippen molar-refractivity contribution in [1.82, 2.24) is 15.1 Å². The summed E-state index contributed by atoms with van der Waals surface area (Å²) in [6, 6.07) is 24.6. The monoisotopic (exact) mass is 489 g/mol. The molecule has 1 heterocycles. The summed E-state index contributed by atoms with van der Waals surface area (Å²) in [5.74, 6) is -0.609. The van der Waals surface area contributed by atoms with Gasteiger partial charge >= 0.3 is 0 Å². The standard InChI is InChI=1S/C28H28ClN3O3/c1-20-19-31(16-17-32(20)27(34)22-12-6-3-7-13-22)28(35)25(18-21-10-4-2-5-11-21)30-26(33)23-14-8-9-15-24(23)29/h2-15,20,25H,16-19H2,1H3,(H,30,33). The van der Waals surface area contributed by atoms with Crippen molar-refractivity contribution in [3.63, 3.8) is 0 Å². The van der Waals surface area contributed by atoms with Crippen molar-refractivity contribution >= 4 is 29.3 Å². The lowest BCUT2D eigenvalue weighted by atomic mass is 10.0. The number of halogens is 1. The smallest absolute Gasteiger partial charge is 0.254 e. The Morgan fingerprint density at radius 2 is 1.54 bits per heavy atom. The molecule has 1 aliphatic heterocycles. The Kier molecular flexibility index (Phi) is 7.83. The van der Waals surface area contributed by atoms with Gasteiger partial charge in [0.25, 0.3) is 11.8 Å². The van der Waals surface area contributed by atoms with E-state index in [4.69, 9.17) is 11.6 Å². The number of hydrogen-bond acceptors (Lipinski definition) is 3. The molecule has 1 N–H and O–H groups in total. The fourth-order valence-corrected chi connectivity index (χ4v) is 4.58. The van der Waals surface area contributed by atoms with Crippen LogP contribution in [0.2, 0.25) is 5.02 Å². The largest absolute Gasteiger partial charge is 0.340 e. The average Bonchev–Trinajstić information content (AvgIpc) is 2.88. The van der Waals surface area contributed by atoms with Crippen LogP contribution in [-0.2, 0) is 11.2 Å². The van der Waals surface area contributed by atoms with Crippen molar-refractivity contribution in [2.75, 3.05) is 19.6 Å². The van der Waals surface area contributed by atoms with Gasteiger partial charge in [-0.25, -0.2) is 0 Å². The van der Waals surface area contributed by atoms with Gasteiger partial charge in [0.1, 0.15) is 6.04 Å². The van der Waals surface area contributed by atoms with E-state index in [0.717, 1.165) is 5.56 Å². The van der Waals surface area contributed by atoms with Crippen LogP contribution in [0.25, 0.3) is 0 Å². The molecule has 0 aromatic heterocycles. The first kappa shape index (κ1) is 24.5. The summed E-state index contributed by atoms with van der Waals surface area (Å²) in [5.41, 5.74) is 1.90. The fourth-order valence-electron chi connectivity index (χ4n) is 4.36. The lowest BCUT2D eigenvalue weighted by Gasteiger charge is -2.41. The number of carbonyl (C=O) groups is 3. The van der Waals surface area contributed by atoms with Crippen molar-refractivity contribution in [3.05, 3.63) is 107 Å². The molecule has 6 nitrogen and oxygen atoms in total. The molecule has 0 radical (unpaired) electrons. The summed E-state index contributed by atoms with van der Waals surface area (Å²) in [7, 11) is 0. The van der Waals surface area contributed by atoms with Crippen LogP contribution in [0.5, 0.6) is 0 Å². The Morgan fingerprint density at radius 3 is 2.20 bits per heavy atom.